The van der Waals surface area contributed by atoms with Crippen molar-refractivity contribution in [3.63, 3.8) is 0 Å². The predicted octanol–water partition coefficient (Wildman–Crippen LogP) is 2.77. The van der Waals surface area contributed by atoms with Crippen molar-refractivity contribution in [3.8, 4) is 0 Å². The number of anilines is 1. The summed E-state index contributed by atoms with van der Waals surface area (Å²) in [6.45, 7) is 9.69. The molecule has 0 bridgehead atoms. The quantitative estimate of drug-likeness (QED) is 0.662. The molecule has 1 rings (SSSR count). The Bertz CT molecular complexity index is 242. The van der Waals surface area contributed by atoms with Crippen LogP contribution in [0, 0.1) is 0 Å². The summed E-state index contributed by atoms with van der Waals surface area (Å²) >= 11 is 0. The summed E-state index contributed by atoms with van der Waals surface area (Å²) in [6.07, 6.45) is 0. The molecule has 0 aromatic heterocycles. The topological polar surface area (TPSA) is 6.48 Å². The summed E-state index contributed by atoms with van der Waals surface area (Å²) in [7, 11) is 0. The first kappa shape index (κ1) is 11.1. The van der Waals surface area contributed by atoms with Crippen LogP contribution in [-0.4, -0.2) is 24.6 Å². The van der Waals surface area contributed by atoms with Gasteiger partial charge in [0.25, 0.3) is 0 Å². The standard InChI is InChI=1S/C12H20N2/c1-4-13(5-2)14(6-3)12-10-8-7-9-11-12/h7-11H,4-6H2,1-3H3. The molecule has 2 heteroatoms. The molecule has 0 saturated carbocycles. The lowest BCUT2D eigenvalue weighted by Crippen LogP contribution is -2.42. The zero-order valence-corrected chi connectivity index (χ0v) is 9.40. The van der Waals surface area contributed by atoms with Crippen molar-refractivity contribution in [2.24, 2.45) is 0 Å². The molecule has 0 amide bonds. The van der Waals surface area contributed by atoms with Crippen molar-refractivity contribution < 1.29 is 0 Å². The Balaban J connectivity index is 2.81. The van der Waals surface area contributed by atoms with Gasteiger partial charge in [-0.3, -0.25) is 0 Å². The lowest BCUT2D eigenvalue weighted by Gasteiger charge is -2.34. The smallest absolute Gasteiger partial charge is 0.0522 e. The van der Waals surface area contributed by atoms with Gasteiger partial charge in [0.2, 0.25) is 0 Å². The van der Waals surface area contributed by atoms with E-state index in [0.29, 0.717) is 0 Å². The van der Waals surface area contributed by atoms with E-state index in [-0.39, 0.29) is 0 Å². The third kappa shape index (κ3) is 2.48. The average molecular weight is 192 g/mol. The van der Waals surface area contributed by atoms with Crippen molar-refractivity contribution in [1.82, 2.24) is 5.01 Å². The number of nitrogens with zero attached hydrogens (tertiary/aromatic N) is 2. The first-order valence-corrected chi connectivity index (χ1v) is 5.40. The van der Waals surface area contributed by atoms with Crippen LogP contribution < -0.4 is 5.01 Å². The lowest BCUT2D eigenvalue weighted by atomic mass is 10.3. The molecule has 2 nitrogen and oxygen atoms in total. The van der Waals surface area contributed by atoms with Crippen LogP contribution in [0.25, 0.3) is 0 Å². The first-order chi connectivity index (χ1) is 6.83. The van der Waals surface area contributed by atoms with Crippen LogP contribution >= 0.6 is 0 Å². The molecule has 0 N–H and O–H groups in total. The number of hydrogen-bond acceptors (Lipinski definition) is 2. The number of hydrazine groups is 1. The van der Waals surface area contributed by atoms with E-state index in [1.165, 1.54) is 5.69 Å². The molecule has 14 heavy (non-hydrogen) atoms. The van der Waals surface area contributed by atoms with Crippen molar-refractivity contribution in [1.29, 1.82) is 0 Å². The fraction of sp³-hybridized carbons (Fsp3) is 0.500. The van der Waals surface area contributed by atoms with Gasteiger partial charge in [0, 0.05) is 19.6 Å². The fourth-order valence-electron chi connectivity index (χ4n) is 1.71. The minimum Gasteiger partial charge on any atom is -0.306 e. The number of hydrogen-bond donors (Lipinski definition) is 0. The van der Waals surface area contributed by atoms with Gasteiger partial charge in [0.1, 0.15) is 0 Å². The maximum atomic E-state index is 2.34. The Hall–Kier alpha value is -1.02. The Kier molecular flexibility index (Phi) is 4.47. The summed E-state index contributed by atoms with van der Waals surface area (Å²) in [5.41, 5.74) is 1.28. The minimum absolute atomic E-state index is 1.02. The Morgan fingerprint density at radius 3 is 1.86 bits per heavy atom. The molecule has 0 aliphatic carbocycles. The molecule has 0 aliphatic rings. The normalized spacial score (nSPS) is 10.6. The van der Waals surface area contributed by atoms with Crippen LogP contribution in [-0.2, 0) is 0 Å². The highest BCUT2D eigenvalue weighted by Crippen LogP contribution is 2.14. The fourth-order valence-corrected chi connectivity index (χ4v) is 1.71. The molecular formula is C12H20N2. The van der Waals surface area contributed by atoms with Gasteiger partial charge in [-0.25, -0.2) is 5.01 Å². The Morgan fingerprint density at radius 1 is 0.857 bits per heavy atom. The van der Waals surface area contributed by atoms with Crippen LogP contribution in [0.3, 0.4) is 0 Å². The molecule has 0 aliphatic heterocycles. The third-order valence-corrected chi connectivity index (χ3v) is 2.43. The summed E-state index contributed by atoms with van der Waals surface area (Å²) in [4.78, 5) is 0. The van der Waals surface area contributed by atoms with Gasteiger partial charge < -0.3 is 5.01 Å². The van der Waals surface area contributed by atoms with E-state index in [1.54, 1.807) is 0 Å². The zero-order valence-electron chi connectivity index (χ0n) is 9.40. The number of para-hydroxylation sites is 1. The van der Waals surface area contributed by atoms with Gasteiger partial charge in [-0.05, 0) is 19.1 Å². The molecule has 0 heterocycles. The lowest BCUT2D eigenvalue weighted by molar-refractivity contribution is 0.279. The summed E-state index contributed by atoms with van der Waals surface area (Å²) < 4.78 is 0. The Morgan fingerprint density at radius 2 is 1.43 bits per heavy atom. The minimum atomic E-state index is 1.02. The maximum absolute atomic E-state index is 2.34. The van der Waals surface area contributed by atoms with Crippen LogP contribution in [0.4, 0.5) is 5.69 Å². The summed E-state index contributed by atoms with van der Waals surface area (Å²) in [5.74, 6) is 0. The third-order valence-electron chi connectivity index (χ3n) is 2.43. The van der Waals surface area contributed by atoms with Gasteiger partial charge in [-0.1, -0.05) is 32.0 Å². The molecule has 0 radical (unpaired) electrons. The van der Waals surface area contributed by atoms with E-state index >= 15 is 0 Å². The molecular weight excluding hydrogens is 172 g/mol. The van der Waals surface area contributed by atoms with Crippen LogP contribution in [0.15, 0.2) is 30.3 Å². The van der Waals surface area contributed by atoms with Gasteiger partial charge in [0.15, 0.2) is 0 Å². The number of rotatable bonds is 5. The highest BCUT2D eigenvalue weighted by atomic mass is 15.6. The summed E-state index contributed by atoms with van der Waals surface area (Å²) in [5, 5.41) is 4.66. The van der Waals surface area contributed by atoms with Crippen LogP contribution in [0.2, 0.25) is 0 Å². The molecule has 0 unspecified atom stereocenters. The average Bonchev–Trinajstić information content (AvgIpc) is 2.27. The molecule has 0 fully saturated rings. The number of benzene rings is 1. The molecule has 1 aromatic rings. The van der Waals surface area contributed by atoms with Gasteiger partial charge in [-0.2, -0.15) is 0 Å². The second-order valence-corrected chi connectivity index (χ2v) is 3.19. The molecule has 0 atom stereocenters. The second-order valence-electron chi connectivity index (χ2n) is 3.19. The highest BCUT2D eigenvalue weighted by Gasteiger charge is 2.09. The van der Waals surface area contributed by atoms with E-state index in [4.69, 9.17) is 0 Å². The zero-order chi connectivity index (χ0) is 10.4. The molecule has 1 aromatic carbocycles. The maximum Gasteiger partial charge on any atom is 0.0522 e. The van der Waals surface area contributed by atoms with Crippen molar-refractivity contribution in [2.75, 3.05) is 24.6 Å². The first-order valence-electron chi connectivity index (χ1n) is 5.40. The largest absolute Gasteiger partial charge is 0.306 e. The van der Waals surface area contributed by atoms with Gasteiger partial charge in [0.05, 0.1) is 5.69 Å². The van der Waals surface area contributed by atoms with Gasteiger partial charge >= 0.3 is 0 Å². The highest BCUT2D eigenvalue weighted by molar-refractivity contribution is 5.44. The van der Waals surface area contributed by atoms with E-state index in [9.17, 15) is 0 Å². The molecule has 0 saturated heterocycles. The van der Waals surface area contributed by atoms with Crippen molar-refractivity contribution in [3.05, 3.63) is 30.3 Å². The monoisotopic (exact) mass is 192 g/mol. The Labute approximate surface area is 87.1 Å². The van der Waals surface area contributed by atoms with E-state index in [2.05, 4.69) is 61.1 Å². The van der Waals surface area contributed by atoms with E-state index in [1.807, 2.05) is 0 Å². The summed E-state index contributed by atoms with van der Waals surface area (Å²) in [6, 6.07) is 10.5. The van der Waals surface area contributed by atoms with E-state index in [0.717, 1.165) is 19.6 Å². The van der Waals surface area contributed by atoms with Gasteiger partial charge in [-0.15, -0.1) is 0 Å². The van der Waals surface area contributed by atoms with Crippen LogP contribution in [0.5, 0.6) is 0 Å². The second kappa shape index (κ2) is 5.66. The van der Waals surface area contributed by atoms with Crippen molar-refractivity contribution in [2.45, 2.75) is 20.8 Å². The predicted molar refractivity (Wildman–Crippen MR) is 62.4 cm³/mol. The molecule has 78 valence electrons. The molecule has 0 spiro atoms. The van der Waals surface area contributed by atoms with Crippen molar-refractivity contribution >= 4 is 5.69 Å². The SMILES string of the molecule is CCN(CC)N(CC)c1ccccc1. The van der Waals surface area contributed by atoms with E-state index < -0.39 is 0 Å². The van der Waals surface area contributed by atoms with Crippen LogP contribution in [0.1, 0.15) is 20.8 Å².